The van der Waals surface area contributed by atoms with E-state index in [9.17, 15) is 0 Å². The van der Waals surface area contributed by atoms with Crippen molar-refractivity contribution in [2.75, 3.05) is 0 Å². The molecular weight excluding hydrogens is 402 g/mol. The Kier molecular flexibility index (Phi) is 5.26. The molecule has 0 atom stereocenters. The minimum atomic E-state index is 1.04. The number of aromatic amines is 2. The first-order valence-corrected chi connectivity index (χ1v) is 11.4. The lowest BCUT2D eigenvalue weighted by Crippen LogP contribution is -1.89. The number of nitrogens with one attached hydrogen (secondary N) is 2. The minimum Gasteiger partial charge on any atom is -0.359 e. The molecule has 2 N–H and O–H groups in total. The van der Waals surface area contributed by atoms with E-state index in [1.807, 2.05) is 0 Å². The summed E-state index contributed by atoms with van der Waals surface area (Å²) in [5.41, 5.74) is 11.9. The fourth-order valence-corrected chi connectivity index (χ4v) is 4.60. The quantitative estimate of drug-likeness (QED) is 0.271. The van der Waals surface area contributed by atoms with Gasteiger partial charge in [0.25, 0.3) is 0 Å². The van der Waals surface area contributed by atoms with Crippen molar-refractivity contribution >= 4 is 32.7 Å². The monoisotopic (exact) mass is 431 g/mol. The van der Waals surface area contributed by atoms with Crippen molar-refractivity contribution in [2.24, 2.45) is 0 Å². The first-order chi connectivity index (χ1) is 15.9. The molecular formula is C30H29N3. The van der Waals surface area contributed by atoms with Gasteiger partial charge in [-0.2, -0.15) is 0 Å². The van der Waals surface area contributed by atoms with E-state index in [0.717, 1.165) is 11.2 Å². The number of aromatic nitrogens is 3. The Bertz CT molecular complexity index is 1610. The molecule has 0 aliphatic carbocycles. The van der Waals surface area contributed by atoms with E-state index in [2.05, 4.69) is 117 Å². The maximum absolute atomic E-state index is 4.94. The van der Waals surface area contributed by atoms with Gasteiger partial charge < -0.3 is 9.97 Å². The minimum absolute atomic E-state index is 1.04. The van der Waals surface area contributed by atoms with Crippen LogP contribution in [0.15, 0.2) is 72.8 Å². The van der Waals surface area contributed by atoms with Crippen LogP contribution in [0, 0.1) is 34.6 Å². The van der Waals surface area contributed by atoms with Gasteiger partial charge in [-0.1, -0.05) is 47.5 Å². The molecule has 0 saturated carbocycles. The van der Waals surface area contributed by atoms with Gasteiger partial charge >= 0.3 is 0 Å². The molecule has 0 radical (unpaired) electrons. The van der Waals surface area contributed by atoms with Gasteiger partial charge in [0.15, 0.2) is 0 Å². The molecule has 3 heteroatoms. The number of benzene rings is 3. The van der Waals surface area contributed by atoms with Crippen molar-refractivity contribution in [1.29, 1.82) is 0 Å². The molecule has 0 aliphatic heterocycles. The highest BCUT2D eigenvalue weighted by Crippen LogP contribution is 2.33. The lowest BCUT2D eigenvalue weighted by molar-refractivity contribution is 1.28. The lowest BCUT2D eigenvalue weighted by atomic mass is 10.0. The van der Waals surface area contributed by atoms with Gasteiger partial charge in [0.2, 0.25) is 0 Å². The average Bonchev–Trinajstić information content (AvgIpc) is 3.31. The third kappa shape index (κ3) is 4.03. The second-order valence-electron chi connectivity index (χ2n) is 9.06. The molecule has 0 fully saturated rings. The predicted molar refractivity (Wildman–Crippen MR) is 141 cm³/mol. The maximum atomic E-state index is 4.94. The van der Waals surface area contributed by atoms with Gasteiger partial charge in [-0.15, -0.1) is 0 Å². The zero-order valence-corrected chi connectivity index (χ0v) is 19.9. The lowest BCUT2D eigenvalue weighted by Gasteiger charge is -2.06. The second-order valence-corrected chi connectivity index (χ2v) is 9.06. The number of fused-ring (bicyclic) bond motifs is 3. The largest absolute Gasteiger partial charge is 0.359 e. The van der Waals surface area contributed by atoms with Crippen LogP contribution in [-0.2, 0) is 0 Å². The fraction of sp³-hybridized carbons (Fsp3) is 0.167. The van der Waals surface area contributed by atoms with E-state index in [0.29, 0.717) is 0 Å². The SMILES string of the molecule is Cc1ccc2[nH]c(C)c(-c3ccc4cccc(C)c4n3)c2c1.Cc1ccc2[nH]c(C)cc2c1. The van der Waals surface area contributed by atoms with Gasteiger partial charge in [-0.25, -0.2) is 4.98 Å². The number of hydrogen-bond acceptors (Lipinski definition) is 1. The Morgan fingerprint density at radius 3 is 2.21 bits per heavy atom. The summed E-state index contributed by atoms with van der Waals surface area (Å²) in [6, 6.07) is 25.7. The summed E-state index contributed by atoms with van der Waals surface area (Å²) < 4.78 is 0. The zero-order chi connectivity index (χ0) is 23.1. The molecule has 33 heavy (non-hydrogen) atoms. The fourth-order valence-electron chi connectivity index (χ4n) is 4.60. The molecule has 3 aromatic carbocycles. The van der Waals surface area contributed by atoms with Gasteiger partial charge in [0.1, 0.15) is 0 Å². The van der Waals surface area contributed by atoms with Crippen molar-refractivity contribution in [2.45, 2.75) is 34.6 Å². The van der Waals surface area contributed by atoms with E-state index in [-0.39, 0.29) is 0 Å². The summed E-state index contributed by atoms with van der Waals surface area (Å²) >= 11 is 0. The maximum Gasteiger partial charge on any atom is 0.0738 e. The number of hydrogen-bond donors (Lipinski definition) is 2. The molecule has 3 aromatic heterocycles. The zero-order valence-electron chi connectivity index (χ0n) is 19.9. The van der Waals surface area contributed by atoms with Gasteiger partial charge in [0, 0.05) is 38.8 Å². The number of para-hydroxylation sites is 1. The van der Waals surface area contributed by atoms with Crippen LogP contribution < -0.4 is 0 Å². The molecule has 0 spiro atoms. The van der Waals surface area contributed by atoms with E-state index in [1.165, 1.54) is 60.8 Å². The number of aryl methyl sites for hydroxylation is 5. The normalized spacial score (nSPS) is 11.2. The smallest absolute Gasteiger partial charge is 0.0738 e. The highest BCUT2D eigenvalue weighted by Gasteiger charge is 2.13. The highest BCUT2D eigenvalue weighted by molar-refractivity contribution is 5.98. The summed E-state index contributed by atoms with van der Waals surface area (Å²) in [5.74, 6) is 0. The Morgan fingerprint density at radius 1 is 0.636 bits per heavy atom. The van der Waals surface area contributed by atoms with Crippen LogP contribution in [-0.4, -0.2) is 15.0 Å². The number of rotatable bonds is 1. The Morgan fingerprint density at radius 2 is 1.39 bits per heavy atom. The Balaban J connectivity index is 0.000000174. The van der Waals surface area contributed by atoms with Crippen LogP contribution in [0.1, 0.15) is 28.1 Å². The van der Waals surface area contributed by atoms with E-state index >= 15 is 0 Å². The summed E-state index contributed by atoms with van der Waals surface area (Å²) in [6.07, 6.45) is 0. The predicted octanol–water partition coefficient (Wildman–Crippen LogP) is 8.09. The first-order valence-electron chi connectivity index (χ1n) is 11.4. The average molecular weight is 432 g/mol. The molecule has 0 unspecified atom stereocenters. The summed E-state index contributed by atoms with van der Waals surface area (Å²) in [7, 11) is 0. The number of nitrogens with zero attached hydrogens (tertiary/aromatic N) is 1. The molecule has 0 saturated heterocycles. The second kappa shape index (κ2) is 8.25. The summed E-state index contributed by atoms with van der Waals surface area (Å²) in [6.45, 7) is 10.6. The van der Waals surface area contributed by atoms with Crippen LogP contribution in [0.4, 0.5) is 0 Å². The van der Waals surface area contributed by atoms with Crippen LogP contribution in [0.5, 0.6) is 0 Å². The van der Waals surface area contributed by atoms with Crippen molar-refractivity contribution in [3.63, 3.8) is 0 Å². The van der Waals surface area contributed by atoms with Gasteiger partial charge in [-0.3, -0.25) is 0 Å². The Labute approximate surface area is 194 Å². The van der Waals surface area contributed by atoms with Crippen LogP contribution in [0.25, 0.3) is 44.0 Å². The van der Waals surface area contributed by atoms with E-state index in [4.69, 9.17) is 4.98 Å². The topological polar surface area (TPSA) is 44.5 Å². The van der Waals surface area contributed by atoms with Crippen molar-refractivity contribution in [1.82, 2.24) is 15.0 Å². The van der Waals surface area contributed by atoms with E-state index in [1.54, 1.807) is 0 Å². The molecule has 164 valence electrons. The van der Waals surface area contributed by atoms with Crippen LogP contribution in [0.2, 0.25) is 0 Å². The molecule has 0 amide bonds. The summed E-state index contributed by atoms with van der Waals surface area (Å²) in [5, 5.41) is 3.75. The molecule has 0 bridgehead atoms. The standard InChI is InChI=1S/C20H18N2.C10H11N/c1-12-7-9-17-16(11-12)19(14(3)21-17)18-10-8-15-6-4-5-13(2)20(15)22-18;1-7-3-4-10-9(5-7)6-8(2)11-10/h4-11,21H,1-3H3;3-6,11H,1-2H3. The molecule has 3 heterocycles. The van der Waals surface area contributed by atoms with E-state index < -0.39 is 0 Å². The molecule has 3 nitrogen and oxygen atoms in total. The summed E-state index contributed by atoms with van der Waals surface area (Å²) in [4.78, 5) is 11.7. The van der Waals surface area contributed by atoms with Crippen molar-refractivity contribution in [3.05, 3.63) is 101 Å². The Hall–Kier alpha value is -3.85. The first kappa shape index (κ1) is 21.0. The third-order valence-electron chi connectivity index (χ3n) is 6.23. The molecule has 6 rings (SSSR count). The van der Waals surface area contributed by atoms with Gasteiger partial charge in [-0.05, 0) is 82.0 Å². The molecule has 6 aromatic rings. The van der Waals surface area contributed by atoms with Crippen LogP contribution >= 0.6 is 0 Å². The van der Waals surface area contributed by atoms with Crippen LogP contribution in [0.3, 0.4) is 0 Å². The third-order valence-corrected chi connectivity index (χ3v) is 6.23. The van der Waals surface area contributed by atoms with Crippen molar-refractivity contribution < 1.29 is 0 Å². The number of pyridine rings is 1. The van der Waals surface area contributed by atoms with Crippen molar-refractivity contribution in [3.8, 4) is 11.3 Å². The number of H-pyrrole nitrogens is 2. The highest BCUT2D eigenvalue weighted by atomic mass is 14.8. The van der Waals surface area contributed by atoms with Gasteiger partial charge in [0.05, 0.1) is 11.2 Å². The molecule has 0 aliphatic rings.